The molecule has 88 valence electrons. The number of Topliss-reactive ketones (excluding diaryl/α,β-unsaturated/α-hetero) is 1. The highest BCUT2D eigenvalue weighted by atomic mass is 32.2. The molecule has 0 aliphatic heterocycles. The second kappa shape index (κ2) is 5.39. The van der Waals surface area contributed by atoms with E-state index in [1.807, 2.05) is 26.0 Å². The van der Waals surface area contributed by atoms with Crippen molar-refractivity contribution in [2.75, 3.05) is 0 Å². The molecule has 0 aromatic heterocycles. The van der Waals surface area contributed by atoms with Crippen molar-refractivity contribution in [1.29, 1.82) is 0 Å². The molecule has 1 aromatic carbocycles. The summed E-state index contributed by atoms with van der Waals surface area (Å²) in [6.45, 7) is 7.26. The van der Waals surface area contributed by atoms with E-state index in [4.69, 9.17) is 0 Å². The van der Waals surface area contributed by atoms with Gasteiger partial charge in [-0.05, 0) is 33.3 Å². The average molecular weight is 238 g/mol. The summed E-state index contributed by atoms with van der Waals surface area (Å²) in [5, 5.41) is -0.374. The number of benzene rings is 1. The van der Waals surface area contributed by atoms with Crippen LogP contribution in [0.15, 0.2) is 18.2 Å². The zero-order valence-corrected chi connectivity index (χ0v) is 11.1. The van der Waals surface area contributed by atoms with E-state index in [2.05, 4.69) is 6.07 Å². The highest BCUT2D eigenvalue weighted by Gasteiger charge is 2.16. The zero-order chi connectivity index (χ0) is 12.3. The molecule has 2 unspecified atom stereocenters. The monoisotopic (exact) mass is 238 g/mol. The summed E-state index contributed by atoms with van der Waals surface area (Å²) >= 11 is 0. The van der Waals surface area contributed by atoms with Crippen LogP contribution in [0.2, 0.25) is 0 Å². The Balaban J connectivity index is 2.81. The molecular weight excluding hydrogens is 220 g/mol. The molecule has 0 aliphatic carbocycles. The molecule has 0 radical (unpaired) electrons. The molecule has 0 amide bonds. The smallest absolute Gasteiger partial charge is 0.145 e. The summed E-state index contributed by atoms with van der Waals surface area (Å²) in [5.74, 6) is 0.450. The predicted octanol–water partition coefficient (Wildman–Crippen LogP) is 2.53. The van der Waals surface area contributed by atoms with Crippen molar-refractivity contribution in [3.8, 4) is 0 Å². The van der Waals surface area contributed by atoms with Gasteiger partial charge in [-0.3, -0.25) is 9.00 Å². The van der Waals surface area contributed by atoms with E-state index in [1.165, 1.54) is 18.1 Å². The molecule has 0 bridgehead atoms. The summed E-state index contributed by atoms with van der Waals surface area (Å²) in [7, 11) is -1.11. The molecule has 2 nitrogen and oxygen atoms in total. The van der Waals surface area contributed by atoms with E-state index in [-0.39, 0.29) is 11.0 Å². The minimum absolute atomic E-state index is 0.0114. The zero-order valence-electron chi connectivity index (χ0n) is 10.2. The molecule has 1 aromatic rings. The van der Waals surface area contributed by atoms with Crippen molar-refractivity contribution < 1.29 is 9.00 Å². The van der Waals surface area contributed by atoms with Gasteiger partial charge < -0.3 is 0 Å². The lowest BCUT2D eigenvalue weighted by atomic mass is 10.1. The van der Waals surface area contributed by atoms with Gasteiger partial charge in [0.15, 0.2) is 0 Å². The van der Waals surface area contributed by atoms with E-state index >= 15 is 0 Å². The van der Waals surface area contributed by atoms with Crippen LogP contribution in [0.1, 0.15) is 30.5 Å². The van der Waals surface area contributed by atoms with Crippen LogP contribution in [0.4, 0.5) is 0 Å². The number of rotatable bonds is 4. The Morgan fingerprint density at radius 3 is 2.19 bits per heavy atom. The first-order valence-electron chi connectivity index (χ1n) is 5.35. The quantitative estimate of drug-likeness (QED) is 0.807. The minimum Gasteiger partial charge on any atom is -0.299 e. The van der Waals surface area contributed by atoms with E-state index in [1.54, 1.807) is 6.92 Å². The predicted molar refractivity (Wildman–Crippen MR) is 67.9 cm³/mol. The lowest BCUT2D eigenvalue weighted by Crippen LogP contribution is -2.20. The molecule has 0 fully saturated rings. The maximum Gasteiger partial charge on any atom is 0.145 e. The molecular formula is C13H18O2S. The van der Waals surface area contributed by atoms with Crippen LogP contribution in [0.25, 0.3) is 0 Å². The Bertz CT molecular complexity index is 404. The standard InChI is InChI=1S/C13H18O2S/c1-9-5-10(2)7-13(6-9)8-16(15)12(4)11(3)14/h5-7,12H,8H2,1-4H3. The van der Waals surface area contributed by atoms with Crippen LogP contribution < -0.4 is 0 Å². The van der Waals surface area contributed by atoms with E-state index in [0.717, 1.165) is 5.56 Å². The summed E-state index contributed by atoms with van der Waals surface area (Å²) in [5.41, 5.74) is 3.38. The normalized spacial score (nSPS) is 14.5. The first kappa shape index (κ1) is 13.1. The number of carbonyl (C=O) groups is 1. The Morgan fingerprint density at radius 2 is 1.75 bits per heavy atom. The summed E-state index contributed by atoms with van der Waals surface area (Å²) in [6.07, 6.45) is 0. The van der Waals surface area contributed by atoms with Crippen molar-refractivity contribution in [2.45, 2.75) is 38.7 Å². The fraction of sp³-hybridized carbons (Fsp3) is 0.462. The molecule has 0 spiro atoms. The van der Waals surface area contributed by atoms with Gasteiger partial charge in [-0.25, -0.2) is 0 Å². The van der Waals surface area contributed by atoms with Gasteiger partial charge in [0.05, 0.1) is 5.25 Å². The van der Waals surface area contributed by atoms with Crippen LogP contribution in [0, 0.1) is 13.8 Å². The number of aryl methyl sites for hydroxylation is 2. The van der Waals surface area contributed by atoms with Gasteiger partial charge in [-0.1, -0.05) is 29.3 Å². The first-order chi connectivity index (χ1) is 7.40. The van der Waals surface area contributed by atoms with Gasteiger partial charge in [-0.15, -0.1) is 0 Å². The van der Waals surface area contributed by atoms with Crippen LogP contribution in [0.3, 0.4) is 0 Å². The molecule has 0 saturated heterocycles. The maximum absolute atomic E-state index is 11.9. The summed E-state index contributed by atoms with van der Waals surface area (Å²) in [4.78, 5) is 11.1. The van der Waals surface area contributed by atoms with Gasteiger partial charge >= 0.3 is 0 Å². The Morgan fingerprint density at radius 1 is 1.25 bits per heavy atom. The van der Waals surface area contributed by atoms with Gasteiger partial charge in [0.25, 0.3) is 0 Å². The van der Waals surface area contributed by atoms with Gasteiger partial charge in [-0.2, -0.15) is 0 Å². The van der Waals surface area contributed by atoms with Crippen molar-refractivity contribution in [2.24, 2.45) is 0 Å². The minimum atomic E-state index is -1.11. The number of hydrogen-bond acceptors (Lipinski definition) is 2. The van der Waals surface area contributed by atoms with Crippen molar-refractivity contribution >= 4 is 16.6 Å². The second-order valence-corrected chi connectivity index (χ2v) is 6.03. The van der Waals surface area contributed by atoms with Gasteiger partial charge in [0, 0.05) is 16.6 Å². The summed E-state index contributed by atoms with van der Waals surface area (Å²) < 4.78 is 11.9. The highest BCUT2D eigenvalue weighted by Crippen LogP contribution is 2.13. The van der Waals surface area contributed by atoms with Crippen molar-refractivity contribution in [3.05, 3.63) is 34.9 Å². The second-order valence-electron chi connectivity index (χ2n) is 4.27. The van der Waals surface area contributed by atoms with Crippen LogP contribution in [-0.4, -0.2) is 15.2 Å². The Labute approximate surface area is 99.5 Å². The molecule has 0 saturated carbocycles. The van der Waals surface area contributed by atoms with Crippen LogP contribution >= 0.6 is 0 Å². The van der Waals surface area contributed by atoms with Crippen molar-refractivity contribution in [3.63, 3.8) is 0 Å². The van der Waals surface area contributed by atoms with Crippen LogP contribution in [-0.2, 0) is 21.3 Å². The van der Waals surface area contributed by atoms with Gasteiger partial charge in [0.1, 0.15) is 5.78 Å². The van der Waals surface area contributed by atoms with Crippen molar-refractivity contribution in [1.82, 2.24) is 0 Å². The van der Waals surface area contributed by atoms with E-state index in [0.29, 0.717) is 5.75 Å². The van der Waals surface area contributed by atoms with Gasteiger partial charge in [0.2, 0.25) is 0 Å². The average Bonchev–Trinajstić information content (AvgIpc) is 2.14. The SMILES string of the molecule is CC(=O)C(C)S(=O)Cc1cc(C)cc(C)c1. The lowest BCUT2D eigenvalue weighted by Gasteiger charge is -2.09. The largest absolute Gasteiger partial charge is 0.299 e. The molecule has 16 heavy (non-hydrogen) atoms. The number of hydrogen-bond donors (Lipinski definition) is 0. The molecule has 3 heteroatoms. The maximum atomic E-state index is 11.9. The molecule has 0 N–H and O–H groups in total. The molecule has 2 atom stereocenters. The molecule has 0 aliphatic rings. The first-order valence-corrected chi connectivity index (χ1v) is 6.73. The highest BCUT2D eigenvalue weighted by molar-refractivity contribution is 7.85. The third kappa shape index (κ3) is 3.56. The Hall–Kier alpha value is -0.960. The lowest BCUT2D eigenvalue weighted by molar-refractivity contribution is -0.116. The summed E-state index contributed by atoms with van der Waals surface area (Å²) in [6, 6.07) is 6.14. The fourth-order valence-corrected chi connectivity index (χ4v) is 2.74. The number of carbonyl (C=O) groups excluding carboxylic acids is 1. The topological polar surface area (TPSA) is 34.1 Å². The van der Waals surface area contributed by atoms with E-state index in [9.17, 15) is 9.00 Å². The number of ketones is 1. The third-order valence-electron chi connectivity index (χ3n) is 2.56. The molecule has 0 heterocycles. The molecule has 1 rings (SSSR count). The van der Waals surface area contributed by atoms with Crippen LogP contribution in [0.5, 0.6) is 0 Å². The van der Waals surface area contributed by atoms with E-state index < -0.39 is 10.8 Å². The Kier molecular flexibility index (Phi) is 4.42. The third-order valence-corrected chi connectivity index (χ3v) is 4.30. The fourth-order valence-electron chi connectivity index (χ4n) is 1.63.